The Hall–Kier alpha value is -11.2. The van der Waals surface area contributed by atoms with E-state index < -0.39 is 149 Å². The summed E-state index contributed by atoms with van der Waals surface area (Å²) in [5, 5.41) is 149. The van der Waals surface area contributed by atoms with Crippen molar-refractivity contribution in [1.29, 1.82) is 0 Å². The number of methoxy groups -OCH3 is 10. The second-order valence-corrected chi connectivity index (χ2v) is 34.1. The van der Waals surface area contributed by atoms with E-state index in [2.05, 4.69) is 6.58 Å². The molecular formula is C101H119IO36. The van der Waals surface area contributed by atoms with Crippen LogP contribution in [0.3, 0.4) is 0 Å². The molecule has 1 spiro atoms. The molecule has 8 aromatic carbocycles. The summed E-state index contributed by atoms with van der Waals surface area (Å²) < 4.78 is 134. The molecule has 4 aliphatic heterocycles. The van der Waals surface area contributed by atoms with E-state index in [0.717, 1.165) is 16.7 Å². The van der Waals surface area contributed by atoms with Gasteiger partial charge in [-0.05, 0) is 174 Å². The van der Waals surface area contributed by atoms with Gasteiger partial charge in [-0.1, -0.05) is 49.1 Å². The number of aliphatic hydroxyl groups excluding tert-OH is 13. The normalized spacial score (nSPS) is 22.3. The van der Waals surface area contributed by atoms with Crippen LogP contribution in [0.5, 0.6) is 92.0 Å². The average Bonchev–Trinajstić information content (AvgIpc) is 1.53. The van der Waals surface area contributed by atoms with E-state index >= 15 is 0 Å². The van der Waals surface area contributed by atoms with Crippen LogP contribution in [-0.4, -0.2) is 277 Å². The molecular weight excluding hydrogens is 1920 g/mol. The number of rotatable bonds is 47. The predicted molar refractivity (Wildman–Crippen MR) is 503 cm³/mol. The number of fused-ring (bicyclic) bond motifs is 4. The molecule has 17 unspecified atom stereocenters. The van der Waals surface area contributed by atoms with Crippen molar-refractivity contribution in [3.63, 3.8) is 0 Å². The van der Waals surface area contributed by atoms with Crippen LogP contribution in [-0.2, 0) is 31.5 Å². The summed E-state index contributed by atoms with van der Waals surface area (Å²) in [5.74, 6) is 0.693. The van der Waals surface area contributed by atoms with Crippen LogP contribution < -0.4 is 75.8 Å². The summed E-state index contributed by atoms with van der Waals surface area (Å²) >= 11 is 1.84. The van der Waals surface area contributed by atoms with Crippen LogP contribution >= 0.6 is 23.0 Å². The zero-order valence-corrected chi connectivity index (χ0v) is 80.3. The van der Waals surface area contributed by atoms with E-state index in [-0.39, 0.29) is 167 Å². The standard InChI is InChI=1S/C101H119IO36/c1-51-14-20-68(74(28-51)118-5)131-86(44-107)93(115)59-30-62-63-31-60(94(116)87(45-108)135-70-22-16-55(33-76(70)120-7)90(112)84(42-105)133-71-24-18-57(35-78(71)122-9)95-64-49-128-96(65(64)50-127-95)61(48-129-102)29-52(2)117-4)38-81(125-12)99(63)138-97(88(46-109)137-98(62)80(37-59)124-11)58-19-25-72(79(36-58)123-10)134-85(43-106)91(113)54-15-21-69(75(32-54)119-6)132-83(41-104)92(114)56-17-23-73(77(34-56)121-8)136-89(47-110)100-101(66(40-103)53(3)130-100)27-26-67(111)82(39-101)126-13/h14-39,53,64-66,83-97,100,103-110,112-116H,2,40-50H2,1,3-13H3/b61-29+/t53?,64?,65?,66-,83-,84?,85?,86?,87?,88?,89?,90?,91?,92?,93?,94?,95-,96?,97?,100?,101-/m0/s1. The van der Waals surface area contributed by atoms with E-state index in [1.165, 1.54) is 168 Å². The number of aryl methyl sites for hydroxylation is 1. The van der Waals surface area contributed by atoms with Crippen LogP contribution in [0.15, 0.2) is 181 Å². The Balaban J connectivity index is 0.751. The maximum atomic E-state index is 12.7. The van der Waals surface area contributed by atoms with Crippen LogP contribution in [0.2, 0.25) is 0 Å². The number of carbonyl (C=O) groups is 1. The molecule has 0 bridgehead atoms. The maximum Gasteiger partial charge on any atom is 0.219 e. The highest BCUT2D eigenvalue weighted by Gasteiger charge is 2.58. The molecule has 3 fully saturated rings. The van der Waals surface area contributed by atoms with Gasteiger partial charge in [-0.3, -0.25) is 4.79 Å². The average molecular weight is 2040 g/mol. The fourth-order valence-electron chi connectivity index (χ4n) is 18.1. The van der Waals surface area contributed by atoms with Gasteiger partial charge < -0.3 is 169 Å². The zero-order chi connectivity index (χ0) is 99.1. The molecule has 0 aromatic heterocycles. The van der Waals surface area contributed by atoms with Gasteiger partial charge in [0.05, 0.1) is 155 Å². The second kappa shape index (κ2) is 47.2. The lowest BCUT2D eigenvalue weighted by molar-refractivity contribution is -0.114. The van der Waals surface area contributed by atoms with Gasteiger partial charge in [0, 0.05) is 46.5 Å². The van der Waals surface area contributed by atoms with Gasteiger partial charge in [0.1, 0.15) is 71.5 Å². The van der Waals surface area contributed by atoms with Gasteiger partial charge in [-0.15, -0.1) is 0 Å². The van der Waals surface area contributed by atoms with Crippen LogP contribution in [0.4, 0.5) is 0 Å². The second-order valence-electron chi connectivity index (χ2n) is 33.5. The van der Waals surface area contributed by atoms with Crippen molar-refractivity contribution in [2.24, 2.45) is 23.2 Å². The lowest BCUT2D eigenvalue weighted by Crippen LogP contribution is -2.47. The first-order valence-corrected chi connectivity index (χ1v) is 45.2. The van der Waals surface area contributed by atoms with Crippen molar-refractivity contribution >= 4 is 28.8 Å². The highest BCUT2D eigenvalue weighted by Crippen LogP contribution is 2.56. The van der Waals surface area contributed by atoms with E-state index in [1.54, 1.807) is 55.5 Å². The molecule has 13 N–H and O–H groups in total. The van der Waals surface area contributed by atoms with Crippen molar-refractivity contribution in [3.8, 4) is 103 Å². The first-order valence-electron chi connectivity index (χ1n) is 44.4. The lowest BCUT2D eigenvalue weighted by atomic mass is 9.68. The van der Waals surface area contributed by atoms with Gasteiger partial charge in [-0.25, -0.2) is 0 Å². The zero-order valence-electron chi connectivity index (χ0n) is 78.1. The van der Waals surface area contributed by atoms with Gasteiger partial charge in [0.15, 0.2) is 140 Å². The Morgan fingerprint density at radius 3 is 1.26 bits per heavy atom. The number of allylic oxidation sites excluding steroid dienone is 2. The number of ketones is 1. The van der Waals surface area contributed by atoms with Gasteiger partial charge in [-0.2, -0.15) is 0 Å². The molecule has 8 aromatic rings. The summed E-state index contributed by atoms with van der Waals surface area (Å²) in [6, 6.07) is 33.9. The highest BCUT2D eigenvalue weighted by atomic mass is 127. The molecule has 13 rings (SSSR count). The summed E-state index contributed by atoms with van der Waals surface area (Å²) in [6.45, 7) is 3.28. The van der Waals surface area contributed by atoms with Gasteiger partial charge in [0.2, 0.25) is 5.78 Å². The molecule has 0 radical (unpaired) electrons. The van der Waals surface area contributed by atoms with Crippen molar-refractivity contribution in [2.45, 2.75) is 118 Å². The third-order valence-electron chi connectivity index (χ3n) is 25.5. The molecule has 36 nitrogen and oxygen atoms in total. The Bertz CT molecular complexity index is 5590. The Morgan fingerprint density at radius 2 is 0.848 bits per heavy atom. The summed E-state index contributed by atoms with van der Waals surface area (Å²) in [6.07, 6.45) is -14.6. The minimum atomic E-state index is -1.76. The molecule has 0 saturated carbocycles. The number of carbonyl (C=O) groups excluding carboxylic acids is 1. The smallest absolute Gasteiger partial charge is 0.219 e. The summed E-state index contributed by atoms with van der Waals surface area (Å²) in [5.41, 5.74) is 2.53. The maximum absolute atomic E-state index is 12.7. The molecule has 21 atom stereocenters. The van der Waals surface area contributed by atoms with Crippen LogP contribution in [0, 0.1) is 30.1 Å². The number of hydrogen-bond acceptors (Lipinski definition) is 36. The lowest BCUT2D eigenvalue weighted by Gasteiger charge is -2.38. The van der Waals surface area contributed by atoms with Crippen molar-refractivity contribution < 1.29 is 174 Å². The van der Waals surface area contributed by atoms with Crippen molar-refractivity contribution in [2.75, 3.05) is 144 Å². The number of ether oxygens (including phenoxy) is 21. The third kappa shape index (κ3) is 22.0. The fraction of sp³-hybridized carbons (Fsp3) is 0.436. The predicted octanol–water partition coefficient (Wildman–Crippen LogP) is 8.92. The first-order chi connectivity index (χ1) is 66.7. The van der Waals surface area contributed by atoms with Crippen molar-refractivity contribution in [3.05, 3.63) is 226 Å². The van der Waals surface area contributed by atoms with E-state index in [9.17, 15) is 71.2 Å². The molecule has 4 heterocycles. The minimum absolute atomic E-state index is 0.00257. The Labute approximate surface area is 811 Å². The molecule has 746 valence electrons. The van der Waals surface area contributed by atoms with Gasteiger partial charge in [0.25, 0.3) is 0 Å². The topological polar surface area (TPSA) is 483 Å². The number of halogens is 1. The Morgan fingerprint density at radius 1 is 0.449 bits per heavy atom. The Kier molecular flexibility index (Phi) is 35.6. The monoisotopic (exact) mass is 2030 g/mol. The van der Waals surface area contributed by atoms with Gasteiger partial charge >= 0.3 is 0 Å². The van der Waals surface area contributed by atoms with Crippen LogP contribution in [0.1, 0.15) is 94.2 Å². The highest BCUT2D eigenvalue weighted by molar-refractivity contribution is 14.1. The molecule has 37 heteroatoms. The van der Waals surface area contributed by atoms with E-state index in [1.807, 2.05) is 42.1 Å². The number of hydrogen-bond donors (Lipinski definition) is 13. The van der Waals surface area contributed by atoms with Crippen molar-refractivity contribution in [1.82, 2.24) is 0 Å². The quantitative estimate of drug-likeness (QED) is 0.00961. The van der Waals surface area contributed by atoms with Crippen LogP contribution in [0.25, 0.3) is 11.1 Å². The summed E-state index contributed by atoms with van der Waals surface area (Å²) in [7, 11) is 13.8. The minimum Gasteiger partial charge on any atom is -0.497 e. The fourth-order valence-corrected chi connectivity index (χ4v) is 18.5. The summed E-state index contributed by atoms with van der Waals surface area (Å²) in [4.78, 5) is 12.7. The largest absolute Gasteiger partial charge is 0.497 e. The molecule has 5 aliphatic rings. The molecule has 0 amide bonds. The van der Waals surface area contributed by atoms with E-state index in [0.29, 0.717) is 37.1 Å². The third-order valence-corrected chi connectivity index (χ3v) is 25.8. The number of aliphatic hydroxyl groups is 13. The molecule has 3 saturated heterocycles. The molecule has 1 aliphatic carbocycles. The first kappa shape index (κ1) is 104. The van der Waals surface area contributed by atoms with E-state index in [4.69, 9.17) is 103 Å². The molecule has 138 heavy (non-hydrogen) atoms. The number of benzene rings is 8. The SMILES string of the molecule is C=C(/C=C(\COI)C1OCC2C1CO[C@H]2c1ccc(OC(CO)C(O)c2ccc(OC(CO)C(O)c3cc(OC)c4c(c3)-c3cc(C(O)C(CO)Oc5ccc(C)cc5OC)cc(OC)c3OC(CO)C(c3ccc(OC(CO)C(O)c5ccc(O[C@@H](CO)C(O)c6ccc(OC(CO)C7OC(C)[C@H](CO)[C@@]78C=CC(=O)C(OC)=C8)c(OC)c6)c(OC)c5)c(OC)c3)O4)c(OC)c2)c(OC)c1)OC.